The molecule has 2 heterocycles. The van der Waals surface area contributed by atoms with Gasteiger partial charge in [-0.3, -0.25) is 4.90 Å². The van der Waals surface area contributed by atoms with Gasteiger partial charge in [0.15, 0.2) is 5.82 Å². The number of benzene rings is 1. The molecular formula is C18H22N4O3. The lowest BCUT2D eigenvalue weighted by Crippen LogP contribution is -2.21. The molecule has 25 heavy (non-hydrogen) atoms. The van der Waals surface area contributed by atoms with E-state index < -0.39 is 0 Å². The highest BCUT2D eigenvalue weighted by Gasteiger charge is 2.37. The quantitative estimate of drug-likeness (QED) is 0.760. The fourth-order valence-corrected chi connectivity index (χ4v) is 3.37. The summed E-state index contributed by atoms with van der Waals surface area (Å²) >= 11 is 0. The number of hydrogen-bond acceptors (Lipinski definition) is 7. The van der Waals surface area contributed by atoms with Gasteiger partial charge in [-0.15, -0.1) is 0 Å². The van der Waals surface area contributed by atoms with Crippen molar-refractivity contribution in [2.75, 3.05) is 33.9 Å². The molecule has 1 aromatic heterocycles. The van der Waals surface area contributed by atoms with E-state index in [9.17, 15) is 5.26 Å². The van der Waals surface area contributed by atoms with Gasteiger partial charge in [-0.2, -0.15) is 10.2 Å². The largest absolute Gasteiger partial charge is 0.384 e. The molecule has 0 amide bonds. The third-order valence-corrected chi connectivity index (χ3v) is 4.50. The summed E-state index contributed by atoms with van der Waals surface area (Å²) in [5.74, 6) is 1.58. The highest BCUT2D eigenvalue weighted by Crippen LogP contribution is 2.33. The van der Waals surface area contributed by atoms with Crippen molar-refractivity contribution in [1.82, 2.24) is 15.0 Å². The Labute approximate surface area is 147 Å². The van der Waals surface area contributed by atoms with Gasteiger partial charge in [0.1, 0.15) is 6.61 Å². The molecule has 1 fully saturated rings. The zero-order valence-electron chi connectivity index (χ0n) is 14.5. The predicted molar refractivity (Wildman–Crippen MR) is 89.6 cm³/mol. The van der Waals surface area contributed by atoms with Gasteiger partial charge in [0, 0.05) is 39.8 Å². The van der Waals surface area contributed by atoms with Crippen molar-refractivity contribution < 1.29 is 14.0 Å². The summed E-state index contributed by atoms with van der Waals surface area (Å²) < 4.78 is 15.9. The minimum atomic E-state index is 0.118. The molecule has 1 aliphatic heterocycles. The molecule has 132 valence electrons. The first-order valence-corrected chi connectivity index (χ1v) is 8.25. The van der Waals surface area contributed by atoms with E-state index in [1.165, 1.54) is 0 Å². The van der Waals surface area contributed by atoms with Crippen LogP contribution >= 0.6 is 0 Å². The van der Waals surface area contributed by atoms with Crippen LogP contribution < -0.4 is 0 Å². The molecule has 1 saturated heterocycles. The van der Waals surface area contributed by atoms with Crippen molar-refractivity contribution in [3.63, 3.8) is 0 Å². The number of methoxy groups -OCH3 is 2. The van der Waals surface area contributed by atoms with Crippen molar-refractivity contribution in [3.8, 4) is 6.07 Å². The van der Waals surface area contributed by atoms with Gasteiger partial charge < -0.3 is 14.0 Å². The van der Waals surface area contributed by atoms with Crippen molar-refractivity contribution in [2.45, 2.75) is 19.1 Å². The number of nitrogens with zero attached hydrogens (tertiary/aromatic N) is 4. The van der Waals surface area contributed by atoms with Gasteiger partial charge in [-0.25, -0.2) is 0 Å². The van der Waals surface area contributed by atoms with Gasteiger partial charge in [0.2, 0.25) is 5.89 Å². The van der Waals surface area contributed by atoms with Crippen LogP contribution in [-0.4, -0.2) is 49.0 Å². The number of ether oxygens (including phenoxy) is 2. The molecule has 0 N–H and O–H groups in total. The monoisotopic (exact) mass is 342 g/mol. The summed E-state index contributed by atoms with van der Waals surface area (Å²) in [6.07, 6.45) is 0. The van der Waals surface area contributed by atoms with Crippen LogP contribution in [0.15, 0.2) is 28.8 Å². The van der Waals surface area contributed by atoms with E-state index in [1.807, 2.05) is 24.3 Å². The number of likely N-dealkylation sites (tertiary alicyclic amines) is 1. The van der Waals surface area contributed by atoms with E-state index in [-0.39, 0.29) is 11.8 Å². The fourth-order valence-electron chi connectivity index (χ4n) is 3.37. The van der Waals surface area contributed by atoms with E-state index in [1.54, 1.807) is 14.2 Å². The lowest BCUT2D eigenvalue weighted by atomic mass is 9.97. The Kier molecular flexibility index (Phi) is 5.76. The zero-order valence-corrected chi connectivity index (χ0v) is 14.5. The molecular weight excluding hydrogens is 320 g/mol. The first kappa shape index (κ1) is 17.5. The Morgan fingerprint density at radius 2 is 2.12 bits per heavy atom. The van der Waals surface area contributed by atoms with Gasteiger partial charge in [-0.1, -0.05) is 23.4 Å². The van der Waals surface area contributed by atoms with E-state index >= 15 is 0 Å². The molecule has 3 rings (SSSR count). The third kappa shape index (κ3) is 4.04. The molecule has 0 bridgehead atoms. The number of aromatic nitrogens is 2. The van der Waals surface area contributed by atoms with Crippen molar-refractivity contribution >= 4 is 0 Å². The minimum Gasteiger partial charge on any atom is -0.384 e. The Bertz CT molecular complexity index is 740. The maximum absolute atomic E-state index is 9.28. The Morgan fingerprint density at radius 3 is 2.88 bits per heavy atom. The normalized spacial score (nSPS) is 20.7. The van der Waals surface area contributed by atoms with Gasteiger partial charge in [-0.05, 0) is 11.6 Å². The fraction of sp³-hybridized carbons (Fsp3) is 0.500. The molecule has 0 saturated carbocycles. The highest BCUT2D eigenvalue weighted by atomic mass is 16.5. The number of rotatable bonds is 7. The molecule has 0 unspecified atom stereocenters. The maximum atomic E-state index is 9.28. The topological polar surface area (TPSA) is 84.4 Å². The third-order valence-electron chi connectivity index (χ3n) is 4.50. The first-order chi connectivity index (χ1) is 12.2. The van der Waals surface area contributed by atoms with Crippen molar-refractivity contribution in [2.24, 2.45) is 5.92 Å². The Morgan fingerprint density at radius 1 is 1.28 bits per heavy atom. The molecule has 0 aliphatic carbocycles. The second kappa shape index (κ2) is 8.21. The second-order valence-corrected chi connectivity index (χ2v) is 6.27. The van der Waals surface area contributed by atoms with Crippen LogP contribution in [0.25, 0.3) is 0 Å². The smallest absolute Gasteiger partial charge is 0.231 e. The lowest BCUT2D eigenvalue weighted by molar-refractivity contribution is 0.142. The molecule has 7 nitrogen and oxygen atoms in total. The molecule has 0 spiro atoms. The van der Waals surface area contributed by atoms with E-state index in [4.69, 9.17) is 14.0 Å². The van der Waals surface area contributed by atoms with Crippen molar-refractivity contribution in [1.29, 1.82) is 5.26 Å². The van der Waals surface area contributed by atoms with Crippen LogP contribution in [0.3, 0.4) is 0 Å². The maximum Gasteiger partial charge on any atom is 0.231 e. The summed E-state index contributed by atoms with van der Waals surface area (Å²) in [4.78, 5) is 6.76. The summed E-state index contributed by atoms with van der Waals surface area (Å²) in [7, 11) is 3.31. The van der Waals surface area contributed by atoms with Crippen molar-refractivity contribution in [3.05, 3.63) is 47.1 Å². The standard InChI is InChI=1S/C18H22N4O3/c1-23-11-15-9-22(8-14-6-4-3-5-13(14)7-19)10-16(15)18-20-17(12-24-2)21-25-18/h3-6,15-16H,8-12H2,1-2H3/t15-,16+/m0/s1. The average Bonchev–Trinajstić information content (AvgIpc) is 3.23. The van der Waals surface area contributed by atoms with Crippen LogP contribution in [0.5, 0.6) is 0 Å². The minimum absolute atomic E-state index is 0.118. The summed E-state index contributed by atoms with van der Waals surface area (Å²) in [5.41, 5.74) is 1.75. The Hall–Kier alpha value is -2.27. The molecule has 2 atom stereocenters. The van der Waals surface area contributed by atoms with Crippen LogP contribution in [0.2, 0.25) is 0 Å². The highest BCUT2D eigenvalue weighted by molar-refractivity contribution is 5.37. The first-order valence-electron chi connectivity index (χ1n) is 8.25. The number of hydrogen-bond donors (Lipinski definition) is 0. The van der Waals surface area contributed by atoms with E-state index in [0.717, 1.165) is 30.8 Å². The lowest BCUT2D eigenvalue weighted by Gasteiger charge is -2.16. The SMILES string of the molecule is COCc1noc([C@@H]2CN(Cc3ccccc3C#N)C[C@H]2COC)n1. The van der Waals surface area contributed by atoms with Crippen LogP contribution in [0, 0.1) is 17.2 Å². The molecule has 2 aromatic rings. The molecule has 7 heteroatoms. The summed E-state index contributed by atoms with van der Waals surface area (Å²) in [6, 6.07) is 9.96. The molecule has 1 aliphatic rings. The van der Waals surface area contributed by atoms with Gasteiger partial charge in [0.05, 0.1) is 24.2 Å². The van der Waals surface area contributed by atoms with Gasteiger partial charge in [0.25, 0.3) is 0 Å². The summed E-state index contributed by atoms with van der Waals surface area (Å²) in [6.45, 7) is 3.34. The van der Waals surface area contributed by atoms with E-state index in [0.29, 0.717) is 24.9 Å². The summed E-state index contributed by atoms with van der Waals surface area (Å²) in [5, 5.41) is 13.2. The van der Waals surface area contributed by atoms with Crippen LogP contribution in [0.1, 0.15) is 28.8 Å². The molecule has 1 aromatic carbocycles. The average molecular weight is 342 g/mol. The zero-order chi connectivity index (χ0) is 17.6. The van der Waals surface area contributed by atoms with Crippen LogP contribution in [-0.2, 0) is 22.6 Å². The second-order valence-electron chi connectivity index (χ2n) is 6.27. The predicted octanol–water partition coefficient (Wildman–Crippen LogP) is 1.95. The molecule has 0 radical (unpaired) electrons. The number of nitriles is 1. The van der Waals surface area contributed by atoms with Crippen LogP contribution in [0.4, 0.5) is 0 Å². The van der Waals surface area contributed by atoms with Gasteiger partial charge >= 0.3 is 0 Å². The van der Waals surface area contributed by atoms with E-state index in [2.05, 4.69) is 21.1 Å². The Balaban J connectivity index is 1.74.